The summed E-state index contributed by atoms with van der Waals surface area (Å²) >= 11 is 1.46. The Morgan fingerprint density at radius 3 is 2.47 bits per heavy atom. The van der Waals surface area contributed by atoms with Gasteiger partial charge >= 0.3 is 6.18 Å². The number of anilines is 1. The zero-order valence-corrected chi connectivity index (χ0v) is 12.5. The number of thiazole rings is 1. The van der Waals surface area contributed by atoms with Gasteiger partial charge in [0.15, 0.2) is 5.13 Å². The Labute approximate surface area is 115 Å². The van der Waals surface area contributed by atoms with Gasteiger partial charge in [0.2, 0.25) is 0 Å². The smallest absolute Gasteiger partial charge is 0.351 e. The van der Waals surface area contributed by atoms with Crippen molar-refractivity contribution in [1.29, 1.82) is 0 Å². The fourth-order valence-electron chi connectivity index (χ4n) is 1.64. The fraction of sp³-hybridized carbons (Fsp3) is 0.750. The molecule has 7 heteroatoms. The molecule has 0 saturated heterocycles. The van der Waals surface area contributed by atoms with Crippen molar-refractivity contribution in [2.45, 2.75) is 38.9 Å². The molecule has 0 fully saturated rings. The highest BCUT2D eigenvalue weighted by Gasteiger charge is 2.28. The first-order valence-electron chi connectivity index (χ1n) is 6.16. The normalized spacial score (nSPS) is 12.2. The molecular formula is C12H20F3N3S. The molecule has 0 aromatic carbocycles. The molecule has 0 unspecified atom stereocenters. The van der Waals surface area contributed by atoms with Crippen molar-refractivity contribution in [3.63, 3.8) is 0 Å². The van der Waals surface area contributed by atoms with Crippen LogP contribution in [-0.4, -0.2) is 31.8 Å². The largest absolute Gasteiger partial charge is 0.390 e. The lowest BCUT2D eigenvalue weighted by atomic mass is 10.1. The third-order valence-electron chi connectivity index (χ3n) is 2.66. The molecule has 1 heterocycles. The predicted molar refractivity (Wildman–Crippen MR) is 72.9 cm³/mol. The molecule has 1 aromatic heterocycles. The summed E-state index contributed by atoms with van der Waals surface area (Å²) in [5.41, 5.74) is 0.966. The molecule has 1 aromatic rings. The molecule has 1 N–H and O–H groups in total. The number of aromatic nitrogens is 1. The summed E-state index contributed by atoms with van der Waals surface area (Å²) in [6, 6.07) is 0. The lowest BCUT2D eigenvalue weighted by Crippen LogP contribution is -2.23. The monoisotopic (exact) mass is 295 g/mol. The molecule has 0 spiro atoms. The van der Waals surface area contributed by atoms with E-state index < -0.39 is 12.6 Å². The standard InChI is InChI=1S/C12H20F3N3S/c1-8(2)10-9(7-16-3)19-11(17-10)18(4)6-5-12(13,14)15/h8,16H,5-7H2,1-4H3. The first kappa shape index (κ1) is 16.2. The van der Waals surface area contributed by atoms with Crippen LogP contribution in [0.5, 0.6) is 0 Å². The van der Waals surface area contributed by atoms with Crippen LogP contribution in [0.25, 0.3) is 0 Å². The number of rotatable bonds is 6. The molecular weight excluding hydrogens is 275 g/mol. The van der Waals surface area contributed by atoms with Crippen molar-refractivity contribution in [2.75, 3.05) is 25.5 Å². The second kappa shape index (κ2) is 6.56. The van der Waals surface area contributed by atoms with Crippen LogP contribution in [0.2, 0.25) is 0 Å². The van der Waals surface area contributed by atoms with E-state index in [4.69, 9.17) is 0 Å². The summed E-state index contributed by atoms with van der Waals surface area (Å²) in [6.07, 6.45) is -4.94. The van der Waals surface area contributed by atoms with Gasteiger partial charge in [-0.25, -0.2) is 4.98 Å². The number of hydrogen-bond donors (Lipinski definition) is 1. The quantitative estimate of drug-likeness (QED) is 0.872. The molecule has 110 valence electrons. The Hall–Kier alpha value is -0.820. The first-order valence-corrected chi connectivity index (χ1v) is 6.98. The third kappa shape index (κ3) is 4.99. The van der Waals surface area contributed by atoms with Crippen LogP contribution in [0.15, 0.2) is 0 Å². The molecule has 3 nitrogen and oxygen atoms in total. The highest BCUT2D eigenvalue weighted by Crippen LogP contribution is 2.31. The van der Waals surface area contributed by atoms with E-state index in [0.717, 1.165) is 10.6 Å². The highest BCUT2D eigenvalue weighted by molar-refractivity contribution is 7.15. The van der Waals surface area contributed by atoms with Gasteiger partial charge < -0.3 is 10.2 Å². The van der Waals surface area contributed by atoms with Crippen LogP contribution in [0.4, 0.5) is 18.3 Å². The summed E-state index contributed by atoms with van der Waals surface area (Å²) in [5, 5.41) is 3.71. The zero-order valence-electron chi connectivity index (χ0n) is 11.6. The molecule has 0 aliphatic heterocycles. The van der Waals surface area contributed by atoms with Gasteiger partial charge in [-0.1, -0.05) is 13.8 Å². The minimum atomic E-state index is -4.12. The minimum Gasteiger partial charge on any atom is -0.351 e. The SMILES string of the molecule is CNCc1sc(N(C)CCC(F)(F)F)nc1C(C)C. The van der Waals surface area contributed by atoms with E-state index in [-0.39, 0.29) is 12.5 Å². The van der Waals surface area contributed by atoms with Crippen molar-refractivity contribution in [3.8, 4) is 0 Å². The van der Waals surface area contributed by atoms with Crippen molar-refractivity contribution in [2.24, 2.45) is 0 Å². The van der Waals surface area contributed by atoms with E-state index in [1.165, 1.54) is 11.3 Å². The van der Waals surface area contributed by atoms with E-state index in [0.29, 0.717) is 11.7 Å². The Balaban J connectivity index is 2.80. The van der Waals surface area contributed by atoms with Crippen LogP contribution in [0.1, 0.15) is 36.8 Å². The summed E-state index contributed by atoms with van der Waals surface area (Å²) in [7, 11) is 3.49. The lowest BCUT2D eigenvalue weighted by molar-refractivity contribution is -0.132. The number of alkyl halides is 3. The number of nitrogens with zero attached hydrogens (tertiary/aromatic N) is 2. The van der Waals surface area contributed by atoms with E-state index in [1.807, 2.05) is 20.9 Å². The zero-order chi connectivity index (χ0) is 14.6. The van der Waals surface area contributed by atoms with Gasteiger partial charge in [-0.15, -0.1) is 11.3 Å². The summed E-state index contributed by atoms with van der Waals surface area (Å²) in [6.45, 7) is 4.70. The number of nitrogens with one attached hydrogen (secondary N) is 1. The van der Waals surface area contributed by atoms with Crippen molar-refractivity contribution >= 4 is 16.5 Å². The van der Waals surface area contributed by atoms with Crippen LogP contribution in [0.3, 0.4) is 0 Å². The van der Waals surface area contributed by atoms with Gasteiger partial charge in [-0.3, -0.25) is 0 Å². The molecule has 0 radical (unpaired) electrons. The van der Waals surface area contributed by atoms with Crippen molar-refractivity contribution < 1.29 is 13.2 Å². The Bertz CT molecular complexity index is 401. The molecule has 0 bridgehead atoms. The Kier molecular flexibility index (Phi) is 5.61. The fourth-order valence-corrected chi connectivity index (χ4v) is 2.86. The highest BCUT2D eigenvalue weighted by atomic mass is 32.1. The summed E-state index contributed by atoms with van der Waals surface area (Å²) in [4.78, 5) is 7.13. The van der Waals surface area contributed by atoms with Gasteiger partial charge in [-0.05, 0) is 13.0 Å². The minimum absolute atomic E-state index is 0.0620. The maximum Gasteiger partial charge on any atom is 0.390 e. The van der Waals surface area contributed by atoms with Crippen molar-refractivity contribution in [3.05, 3.63) is 10.6 Å². The summed E-state index contributed by atoms with van der Waals surface area (Å²) < 4.78 is 36.6. The molecule has 1 rings (SSSR count). The van der Waals surface area contributed by atoms with Crippen LogP contribution in [0, 0.1) is 0 Å². The van der Waals surface area contributed by atoms with Gasteiger partial charge in [0.05, 0.1) is 12.1 Å². The van der Waals surface area contributed by atoms with Crippen molar-refractivity contribution in [1.82, 2.24) is 10.3 Å². The van der Waals surface area contributed by atoms with E-state index >= 15 is 0 Å². The van der Waals surface area contributed by atoms with E-state index in [9.17, 15) is 13.2 Å². The van der Waals surface area contributed by atoms with Crippen LogP contribution >= 0.6 is 11.3 Å². The third-order valence-corrected chi connectivity index (χ3v) is 3.84. The second-order valence-corrected chi connectivity index (χ2v) is 5.84. The van der Waals surface area contributed by atoms with E-state index in [2.05, 4.69) is 10.3 Å². The van der Waals surface area contributed by atoms with Gasteiger partial charge in [0.25, 0.3) is 0 Å². The van der Waals surface area contributed by atoms with Gasteiger partial charge in [0.1, 0.15) is 0 Å². The Morgan fingerprint density at radius 1 is 1.37 bits per heavy atom. The van der Waals surface area contributed by atoms with Crippen LogP contribution < -0.4 is 10.2 Å². The average molecular weight is 295 g/mol. The lowest BCUT2D eigenvalue weighted by Gasteiger charge is -2.16. The van der Waals surface area contributed by atoms with E-state index in [1.54, 1.807) is 11.9 Å². The van der Waals surface area contributed by atoms with Gasteiger partial charge in [-0.2, -0.15) is 13.2 Å². The molecule has 0 saturated carbocycles. The summed E-state index contributed by atoms with van der Waals surface area (Å²) in [5.74, 6) is 0.268. The van der Waals surface area contributed by atoms with Crippen LogP contribution in [-0.2, 0) is 6.54 Å². The maximum atomic E-state index is 12.2. The first-order chi connectivity index (χ1) is 8.74. The average Bonchev–Trinajstić information content (AvgIpc) is 2.69. The Morgan fingerprint density at radius 2 is 2.00 bits per heavy atom. The molecule has 0 aliphatic carbocycles. The molecule has 19 heavy (non-hydrogen) atoms. The molecule has 0 atom stereocenters. The maximum absolute atomic E-state index is 12.2. The second-order valence-electron chi connectivity index (χ2n) is 4.78. The van der Waals surface area contributed by atoms with Gasteiger partial charge in [0, 0.05) is 25.0 Å². The molecule has 0 aliphatic rings. The number of halogens is 3. The number of hydrogen-bond acceptors (Lipinski definition) is 4. The predicted octanol–water partition coefficient (Wildman–Crippen LogP) is 3.37. The molecule has 0 amide bonds. The topological polar surface area (TPSA) is 28.2 Å².